The van der Waals surface area contributed by atoms with Gasteiger partial charge in [0.05, 0.1) is 21.2 Å². The number of hydrogen-bond donors (Lipinski definition) is 0. The molecule has 1 aromatic heterocycles. The minimum absolute atomic E-state index is 0.00734. The Labute approximate surface area is 192 Å². The van der Waals surface area contributed by atoms with E-state index in [9.17, 15) is 13.2 Å². The van der Waals surface area contributed by atoms with E-state index < -0.39 is 10.0 Å². The summed E-state index contributed by atoms with van der Waals surface area (Å²) in [5, 5.41) is 0.213. The number of anilines is 2. The standard InChI is InChI=1S/C22H22ClN5O3S/c1-26(17-6-3-2-4-7-17)32(30,31)18-8-9-20(23)19(16-18)21(29)27-12-14-28(15-13-27)22-24-10-5-11-25-22/h2-11,16H,12-15H2,1H3. The zero-order valence-corrected chi connectivity index (χ0v) is 19.0. The maximum Gasteiger partial charge on any atom is 0.264 e. The lowest BCUT2D eigenvalue weighted by Crippen LogP contribution is -2.49. The number of amides is 1. The van der Waals surface area contributed by atoms with Crippen LogP contribution < -0.4 is 9.21 Å². The van der Waals surface area contributed by atoms with Gasteiger partial charge in [0.15, 0.2) is 0 Å². The van der Waals surface area contributed by atoms with Gasteiger partial charge in [0.2, 0.25) is 5.95 Å². The van der Waals surface area contributed by atoms with Gasteiger partial charge in [0.1, 0.15) is 0 Å². The van der Waals surface area contributed by atoms with Crippen molar-refractivity contribution in [1.82, 2.24) is 14.9 Å². The van der Waals surface area contributed by atoms with Crippen LogP contribution in [0.3, 0.4) is 0 Å². The largest absolute Gasteiger partial charge is 0.337 e. The van der Waals surface area contributed by atoms with Crippen LogP contribution >= 0.6 is 11.6 Å². The van der Waals surface area contributed by atoms with Crippen LogP contribution in [0, 0.1) is 0 Å². The summed E-state index contributed by atoms with van der Waals surface area (Å²) in [6, 6.07) is 14.7. The number of hydrogen-bond acceptors (Lipinski definition) is 6. The summed E-state index contributed by atoms with van der Waals surface area (Å²) in [5.41, 5.74) is 0.688. The second-order valence-corrected chi connectivity index (χ2v) is 9.65. The summed E-state index contributed by atoms with van der Waals surface area (Å²) in [6.07, 6.45) is 3.36. The van der Waals surface area contributed by atoms with Crippen molar-refractivity contribution in [2.24, 2.45) is 0 Å². The first-order valence-corrected chi connectivity index (χ1v) is 11.8. The van der Waals surface area contributed by atoms with Gasteiger partial charge in [0.25, 0.3) is 15.9 Å². The first kappa shape index (κ1) is 22.0. The first-order chi connectivity index (χ1) is 15.4. The van der Waals surface area contributed by atoms with Gasteiger partial charge in [-0.15, -0.1) is 0 Å². The number of aromatic nitrogens is 2. The maximum absolute atomic E-state index is 13.2. The predicted molar refractivity (Wildman–Crippen MR) is 124 cm³/mol. The van der Waals surface area contributed by atoms with Crippen molar-refractivity contribution in [3.63, 3.8) is 0 Å². The molecule has 0 saturated carbocycles. The van der Waals surface area contributed by atoms with Crippen molar-refractivity contribution < 1.29 is 13.2 Å². The van der Waals surface area contributed by atoms with Crippen molar-refractivity contribution in [2.45, 2.75) is 4.90 Å². The highest BCUT2D eigenvalue weighted by atomic mass is 35.5. The Balaban J connectivity index is 1.53. The second-order valence-electron chi connectivity index (χ2n) is 7.28. The Morgan fingerprint density at radius 3 is 2.28 bits per heavy atom. The van der Waals surface area contributed by atoms with Crippen molar-refractivity contribution >= 4 is 39.2 Å². The topological polar surface area (TPSA) is 86.7 Å². The SMILES string of the molecule is CN(c1ccccc1)S(=O)(=O)c1ccc(Cl)c(C(=O)N2CCN(c3ncccn3)CC2)c1. The van der Waals surface area contributed by atoms with Gasteiger partial charge in [-0.05, 0) is 36.4 Å². The number of carbonyl (C=O) groups is 1. The number of nitrogens with zero attached hydrogens (tertiary/aromatic N) is 5. The average Bonchev–Trinajstić information content (AvgIpc) is 2.84. The second kappa shape index (κ2) is 9.13. The van der Waals surface area contributed by atoms with Gasteiger partial charge in [-0.3, -0.25) is 9.10 Å². The fourth-order valence-electron chi connectivity index (χ4n) is 3.50. The Morgan fingerprint density at radius 1 is 0.969 bits per heavy atom. The molecule has 0 aliphatic carbocycles. The Bertz CT molecular complexity index is 1200. The molecule has 0 spiro atoms. The fraction of sp³-hybridized carbons (Fsp3) is 0.227. The smallest absolute Gasteiger partial charge is 0.264 e. The number of piperazine rings is 1. The predicted octanol–water partition coefficient (Wildman–Crippen LogP) is 2.92. The molecular weight excluding hydrogens is 450 g/mol. The monoisotopic (exact) mass is 471 g/mol. The molecule has 1 saturated heterocycles. The minimum atomic E-state index is -3.86. The van der Waals surface area contributed by atoms with Crippen LogP contribution in [0.1, 0.15) is 10.4 Å². The van der Waals surface area contributed by atoms with Crippen molar-refractivity contribution in [3.05, 3.63) is 77.6 Å². The van der Waals surface area contributed by atoms with E-state index in [0.717, 1.165) is 0 Å². The molecule has 1 aliphatic heterocycles. The summed E-state index contributed by atoms with van der Waals surface area (Å²) in [7, 11) is -2.38. The zero-order chi connectivity index (χ0) is 22.7. The average molecular weight is 472 g/mol. The molecule has 10 heteroatoms. The lowest BCUT2D eigenvalue weighted by atomic mass is 10.2. The summed E-state index contributed by atoms with van der Waals surface area (Å²) in [4.78, 5) is 25.3. The van der Waals surface area contributed by atoms with E-state index in [1.54, 1.807) is 47.6 Å². The van der Waals surface area contributed by atoms with E-state index in [0.29, 0.717) is 37.8 Å². The zero-order valence-electron chi connectivity index (χ0n) is 17.4. The number of sulfonamides is 1. The summed E-state index contributed by atoms with van der Waals surface area (Å²) in [5.74, 6) is 0.317. The maximum atomic E-state index is 13.2. The lowest BCUT2D eigenvalue weighted by Gasteiger charge is -2.34. The Morgan fingerprint density at radius 2 is 1.62 bits per heavy atom. The summed E-state index contributed by atoms with van der Waals surface area (Å²) >= 11 is 6.30. The molecule has 2 aromatic carbocycles. The molecule has 3 aromatic rings. The number of rotatable bonds is 5. The Kier molecular flexibility index (Phi) is 6.29. The molecule has 0 radical (unpaired) electrons. The van der Waals surface area contributed by atoms with Gasteiger partial charge in [-0.1, -0.05) is 29.8 Å². The van der Waals surface area contributed by atoms with Gasteiger partial charge in [0, 0.05) is 45.6 Å². The van der Waals surface area contributed by atoms with Crippen LogP contribution in [0.2, 0.25) is 5.02 Å². The van der Waals surface area contributed by atoms with E-state index in [1.165, 1.54) is 29.6 Å². The third-order valence-electron chi connectivity index (χ3n) is 5.35. The van der Waals surface area contributed by atoms with Crippen LogP contribution in [0.25, 0.3) is 0 Å². The molecule has 32 heavy (non-hydrogen) atoms. The van der Waals surface area contributed by atoms with E-state index in [1.807, 2.05) is 11.0 Å². The molecule has 0 atom stereocenters. The van der Waals surface area contributed by atoms with Crippen LogP contribution in [0.5, 0.6) is 0 Å². The van der Waals surface area contributed by atoms with Gasteiger partial charge in [-0.25, -0.2) is 18.4 Å². The molecule has 4 rings (SSSR count). The molecule has 0 unspecified atom stereocenters. The van der Waals surface area contributed by atoms with Crippen LogP contribution in [-0.2, 0) is 10.0 Å². The van der Waals surface area contributed by atoms with Crippen LogP contribution in [-0.4, -0.2) is 62.4 Å². The number of carbonyl (C=O) groups excluding carboxylic acids is 1. The molecule has 166 valence electrons. The third kappa shape index (κ3) is 4.39. The van der Waals surface area contributed by atoms with Crippen LogP contribution in [0.15, 0.2) is 71.9 Å². The molecule has 1 fully saturated rings. The van der Waals surface area contributed by atoms with E-state index in [2.05, 4.69) is 9.97 Å². The van der Waals surface area contributed by atoms with Crippen molar-refractivity contribution in [2.75, 3.05) is 42.4 Å². The summed E-state index contributed by atoms with van der Waals surface area (Å²) in [6.45, 7) is 2.05. The van der Waals surface area contributed by atoms with E-state index >= 15 is 0 Å². The number of halogens is 1. The highest BCUT2D eigenvalue weighted by molar-refractivity contribution is 7.92. The Hall–Kier alpha value is -3.17. The van der Waals surface area contributed by atoms with Crippen molar-refractivity contribution in [1.29, 1.82) is 0 Å². The third-order valence-corrected chi connectivity index (χ3v) is 7.46. The number of benzene rings is 2. The minimum Gasteiger partial charge on any atom is -0.337 e. The first-order valence-electron chi connectivity index (χ1n) is 10.0. The van der Waals surface area contributed by atoms with Crippen LogP contribution in [0.4, 0.5) is 11.6 Å². The highest BCUT2D eigenvalue weighted by Gasteiger charge is 2.27. The quantitative estimate of drug-likeness (QED) is 0.568. The highest BCUT2D eigenvalue weighted by Crippen LogP contribution is 2.27. The molecule has 1 amide bonds. The van der Waals surface area contributed by atoms with E-state index in [-0.39, 0.29) is 21.4 Å². The normalized spacial score (nSPS) is 14.3. The van der Waals surface area contributed by atoms with E-state index in [4.69, 9.17) is 11.6 Å². The molecule has 0 bridgehead atoms. The number of para-hydroxylation sites is 1. The van der Waals surface area contributed by atoms with Gasteiger partial charge < -0.3 is 9.80 Å². The molecule has 1 aliphatic rings. The lowest BCUT2D eigenvalue weighted by molar-refractivity contribution is 0.0746. The molecular formula is C22H22ClN5O3S. The molecule has 8 nitrogen and oxygen atoms in total. The molecule has 2 heterocycles. The van der Waals surface area contributed by atoms with Gasteiger partial charge in [-0.2, -0.15) is 0 Å². The van der Waals surface area contributed by atoms with Crippen molar-refractivity contribution in [3.8, 4) is 0 Å². The molecule has 0 N–H and O–H groups in total. The van der Waals surface area contributed by atoms with Gasteiger partial charge >= 0.3 is 0 Å². The summed E-state index contributed by atoms with van der Waals surface area (Å²) < 4.78 is 27.4. The fourth-order valence-corrected chi connectivity index (χ4v) is 4.92.